The second-order valence-electron chi connectivity index (χ2n) is 4.60. The number of ether oxygens (including phenoxy) is 2. The third kappa shape index (κ3) is 1.57. The maximum atomic E-state index is 13.5. The van der Waals surface area contributed by atoms with Crippen LogP contribution in [-0.4, -0.2) is 17.8 Å². The van der Waals surface area contributed by atoms with Crippen molar-refractivity contribution in [2.45, 2.75) is 6.41 Å². The first-order valence-corrected chi connectivity index (χ1v) is 6.26. The van der Waals surface area contributed by atoms with Crippen LogP contribution in [0, 0.1) is 5.82 Å². The van der Waals surface area contributed by atoms with E-state index in [4.69, 9.17) is 9.47 Å². The minimum atomic E-state index is -0.468. The zero-order chi connectivity index (χ0) is 12.8. The molecule has 1 saturated heterocycles. The Labute approximate surface area is 109 Å². The van der Waals surface area contributed by atoms with Gasteiger partial charge in [0.15, 0.2) is 0 Å². The van der Waals surface area contributed by atoms with Gasteiger partial charge in [0.25, 0.3) is 0 Å². The molecule has 0 amide bonds. The first kappa shape index (κ1) is 11.0. The normalized spacial score (nSPS) is 16.7. The molecule has 0 N–H and O–H groups in total. The Morgan fingerprint density at radius 1 is 0.947 bits per heavy atom. The van der Waals surface area contributed by atoms with Gasteiger partial charge in [-0.3, -0.25) is 4.57 Å². The highest BCUT2D eigenvalue weighted by molar-refractivity contribution is 6.08. The molecule has 3 aromatic rings. The van der Waals surface area contributed by atoms with Crippen LogP contribution in [0.2, 0.25) is 0 Å². The van der Waals surface area contributed by atoms with E-state index < -0.39 is 6.41 Å². The van der Waals surface area contributed by atoms with E-state index in [2.05, 4.69) is 0 Å². The van der Waals surface area contributed by atoms with E-state index >= 15 is 0 Å². The lowest BCUT2D eigenvalue weighted by Gasteiger charge is -2.13. The summed E-state index contributed by atoms with van der Waals surface area (Å²) in [7, 11) is 0. The van der Waals surface area contributed by atoms with Crippen molar-refractivity contribution in [3.8, 4) is 0 Å². The van der Waals surface area contributed by atoms with Crippen molar-refractivity contribution in [3.05, 3.63) is 48.3 Å². The molecule has 1 aromatic heterocycles. The summed E-state index contributed by atoms with van der Waals surface area (Å²) in [4.78, 5) is 0. The quantitative estimate of drug-likeness (QED) is 0.666. The molecule has 4 rings (SSSR count). The fraction of sp³-hybridized carbons (Fsp3) is 0.200. The number of aromatic nitrogens is 1. The maximum Gasteiger partial charge on any atom is 0.245 e. The predicted octanol–water partition coefficient (Wildman–Crippen LogP) is 3.44. The number of hydrogen-bond acceptors (Lipinski definition) is 2. The molecule has 0 atom stereocenters. The van der Waals surface area contributed by atoms with Crippen molar-refractivity contribution in [3.63, 3.8) is 0 Å². The number of halogens is 1. The minimum absolute atomic E-state index is 0.255. The van der Waals surface area contributed by atoms with Gasteiger partial charge in [0.1, 0.15) is 5.82 Å². The third-order valence-electron chi connectivity index (χ3n) is 3.49. The molecule has 1 aliphatic heterocycles. The summed E-state index contributed by atoms with van der Waals surface area (Å²) in [5.41, 5.74) is 1.79. The van der Waals surface area contributed by atoms with Crippen molar-refractivity contribution in [2.24, 2.45) is 0 Å². The van der Waals surface area contributed by atoms with Gasteiger partial charge >= 0.3 is 0 Å². The average molecular weight is 257 g/mol. The molecular formula is C15H12FNO2. The van der Waals surface area contributed by atoms with Gasteiger partial charge in [-0.1, -0.05) is 18.2 Å². The lowest BCUT2D eigenvalue weighted by molar-refractivity contribution is -0.0950. The van der Waals surface area contributed by atoms with E-state index in [1.165, 1.54) is 12.1 Å². The predicted molar refractivity (Wildman–Crippen MR) is 70.3 cm³/mol. The molecular weight excluding hydrogens is 245 g/mol. The topological polar surface area (TPSA) is 23.4 Å². The number of nitrogens with zero attached hydrogens (tertiary/aromatic N) is 1. The Hall–Kier alpha value is -1.91. The summed E-state index contributed by atoms with van der Waals surface area (Å²) in [5, 5.41) is 2.09. The Bertz CT molecular complexity index is 759. The van der Waals surface area contributed by atoms with Crippen LogP contribution >= 0.6 is 0 Å². The standard InChI is InChI=1S/C15H12FNO2/c16-10-5-6-12-11-3-1-2-4-13(11)17(14(12)9-10)15-18-7-8-19-15/h1-6,9,15H,7-8H2. The molecule has 0 saturated carbocycles. The van der Waals surface area contributed by atoms with Gasteiger partial charge in [-0.25, -0.2) is 4.39 Å². The van der Waals surface area contributed by atoms with Gasteiger partial charge in [-0.2, -0.15) is 0 Å². The Balaban J connectivity index is 2.13. The third-order valence-corrected chi connectivity index (χ3v) is 3.49. The monoisotopic (exact) mass is 257 g/mol. The van der Waals surface area contributed by atoms with E-state index in [1.807, 2.05) is 28.8 Å². The summed E-state index contributed by atoms with van der Waals surface area (Å²) in [6.07, 6.45) is -0.468. The molecule has 0 unspecified atom stereocenters. The first-order valence-electron chi connectivity index (χ1n) is 6.26. The molecule has 1 aliphatic rings. The smallest absolute Gasteiger partial charge is 0.245 e. The van der Waals surface area contributed by atoms with Crippen LogP contribution in [0.15, 0.2) is 42.5 Å². The zero-order valence-electron chi connectivity index (χ0n) is 10.2. The van der Waals surface area contributed by atoms with Gasteiger partial charge in [-0.15, -0.1) is 0 Å². The fourth-order valence-electron chi connectivity index (χ4n) is 2.70. The SMILES string of the molecule is Fc1ccc2c3ccccc3n(C3OCCO3)c2c1. The molecule has 0 aliphatic carbocycles. The minimum Gasteiger partial charge on any atom is -0.333 e. The number of benzene rings is 2. The Kier molecular flexibility index (Phi) is 2.33. The molecule has 1 fully saturated rings. The van der Waals surface area contributed by atoms with Crippen molar-refractivity contribution in [1.82, 2.24) is 4.57 Å². The maximum absolute atomic E-state index is 13.5. The number of fused-ring (bicyclic) bond motifs is 3. The van der Waals surface area contributed by atoms with Crippen molar-refractivity contribution >= 4 is 21.8 Å². The van der Waals surface area contributed by atoms with Gasteiger partial charge in [-0.05, 0) is 24.3 Å². The molecule has 0 bridgehead atoms. The largest absolute Gasteiger partial charge is 0.333 e. The molecule has 4 heteroatoms. The van der Waals surface area contributed by atoms with Crippen LogP contribution in [0.25, 0.3) is 21.8 Å². The van der Waals surface area contributed by atoms with Crippen LogP contribution in [-0.2, 0) is 9.47 Å². The van der Waals surface area contributed by atoms with E-state index in [1.54, 1.807) is 6.07 Å². The van der Waals surface area contributed by atoms with Crippen LogP contribution < -0.4 is 0 Å². The molecule has 2 aromatic carbocycles. The number of para-hydroxylation sites is 1. The first-order chi connectivity index (χ1) is 9.34. The second kappa shape index (κ2) is 4.05. The van der Waals surface area contributed by atoms with Gasteiger partial charge < -0.3 is 9.47 Å². The lowest BCUT2D eigenvalue weighted by atomic mass is 10.1. The number of rotatable bonds is 1. The highest BCUT2D eigenvalue weighted by atomic mass is 19.1. The summed E-state index contributed by atoms with van der Waals surface area (Å²) in [5.74, 6) is -0.255. The molecule has 2 heterocycles. The van der Waals surface area contributed by atoms with Crippen LogP contribution in [0.4, 0.5) is 4.39 Å². The molecule has 96 valence electrons. The zero-order valence-corrected chi connectivity index (χ0v) is 10.2. The fourth-order valence-corrected chi connectivity index (χ4v) is 2.70. The van der Waals surface area contributed by atoms with Gasteiger partial charge in [0, 0.05) is 10.8 Å². The average Bonchev–Trinajstić information content (AvgIpc) is 3.03. The molecule has 19 heavy (non-hydrogen) atoms. The van der Waals surface area contributed by atoms with Gasteiger partial charge in [0.05, 0.1) is 24.2 Å². The summed E-state index contributed by atoms with van der Waals surface area (Å²) >= 11 is 0. The molecule has 0 spiro atoms. The molecule has 0 radical (unpaired) electrons. The van der Waals surface area contributed by atoms with E-state index in [0.29, 0.717) is 13.2 Å². The van der Waals surface area contributed by atoms with Crippen molar-refractivity contribution in [2.75, 3.05) is 13.2 Å². The van der Waals surface area contributed by atoms with Gasteiger partial charge in [0.2, 0.25) is 6.41 Å². The molecule has 3 nitrogen and oxygen atoms in total. The Morgan fingerprint density at radius 3 is 2.53 bits per heavy atom. The van der Waals surface area contributed by atoms with Crippen molar-refractivity contribution in [1.29, 1.82) is 0 Å². The summed E-state index contributed by atoms with van der Waals surface area (Å²) < 4.78 is 26.6. The van der Waals surface area contributed by atoms with E-state index in [0.717, 1.165) is 21.8 Å². The van der Waals surface area contributed by atoms with Crippen LogP contribution in [0.5, 0.6) is 0 Å². The Morgan fingerprint density at radius 2 is 1.68 bits per heavy atom. The lowest BCUT2D eigenvalue weighted by Crippen LogP contribution is -2.08. The number of hydrogen-bond donors (Lipinski definition) is 0. The van der Waals surface area contributed by atoms with E-state index in [9.17, 15) is 4.39 Å². The summed E-state index contributed by atoms with van der Waals surface area (Å²) in [6, 6.07) is 12.8. The van der Waals surface area contributed by atoms with E-state index in [-0.39, 0.29) is 5.82 Å². The van der Waals surface area contributed by atoms with Crippen LogP contribution in [0.3, 0.4) is 0 Å². The highest BCUT2D eigenvalue weighted by Gasteiger charge is 2.23. The van der Waals surface area contributed by atoms with Crippen molar-refractivity contribution < 1.29 is 13.9 Å². The highest BCUT2D eigenvalue weighted by Crippen LogP contribution is 2.34. The van der Waals surface area contributed by atoms with Crippen LogP contribution in [0.1, 0.15) is 6.41 Å². The summed E-state index contributed by atoms with van der Waals surface area (Å²) in [6.45, 7) is 1.13. The second-order valence-corrected chi connectivity index (χ2v) is 4.60.